The second-order valence-corrected chi connectivity index (χ2v) is 7.95. The van der Waals surface area contributed by atoms with Gasteiger partial charge in [0.1, 0.15) is 5.78 Å². The molecular weight excluding hydrogens is 378 g/mol. The van der Waals surface area contributed by atoms with Crippen molar-refractivity contribution in [2.75, 3.05) is 5.32 Å². The van der Waals surface area contributed by atoms with Crippen molar-refractivity contribution in [3.63, 3.8) is 0 Å². The van der Waals surface area contributed by atoms with Crippen molar-refractivity contribution >= 4 is 23.3 Å². The Labute approximate surface area is 177 Å². The highest BCUT2D eigenvalue weighted by atomic mass is 16.2. The molecule has 2 atom stereocenters. The van der Waals surface area contributed by atoms with Crippen molar-refractivity contribution in [1.82, 2.24) is 4.90 Å². The number of nitrogens with zero attached hydrogens (tertiary/aromatic N) is 1. The number of anilines is 1. The lowest BCUT2D eigenvalue weighted by Crippen LogP contribution is -2.33. The molecule has 1 aliphatic rings. The van der Waals surface area contributed by atoms with Crippen molar-refractivity contribution in [2.45, 2.75) is 58.7 Å². The van der Waals surface area contributed by atoms with Gasteiger partial charge in [-0.25, -0.2) is 0 Å². The highest BCUT2D eigenvalue weighted by Gasteiger charge is 2.31. The zero-order chi connectivity index (χ0) is 21.8. The predicted octanol–water partition coefficient (Wildman–Crippen LogP) is 4.06. The molecule has 0 radical (unpaired) electrons. The average Bonchev–Trinajstić information content (AvgIpc) is 3.07. The zero-order valence-corrected chi connectivity index (χ0v) is 17.8. The maximum absolute atomic E-state index is 12.7. The minimum Gasteiger partial charge on any atom is -0.332 e. The molecule has 0 spiro atoms. The van der Waals surface area contributed by atoms with Crippen LogP contribution < -0.4 is 11.1 Å². The summed E-state index contributed by atoms with van der Waals surface area (Å²) in [7, 11) is 0. The number of fused-ring (bicyclic) bond motifs is 1. The number of nitrogens with two attached hydrogens (primary N) is 1. The van der Waals surface area contributed by atoms with Gasteiger partial charge in [0.25, 0.3) is 11.8 Å². The van der Waals surface area contributed by atoms with E-state index in [0.29, 0.717) is 42.6 Å². The van der Waals surface area contributed by atoms with Gasteiger partial charge in [0.15, 0.2) is 0 Å². The highest BCUT2D eigenvalue weighted by Crippen LogP contribution is 2.28. The first-order valence-corrected chi connectivity index (χ1v) is 10.4. The quantitative estimate of drug-likeness (QED) is 0.690. The molecule has 2 amide bonds. The molecular formula is C24H29N3O3. The summed E-state index contributed by atoms with van der Waals surface area (Å²) >= 11 is 0. The van der Waals surface area contributed by atoms with E-state index < -0.39 is 0 Å². The van der Waals surface area contributed by atoms with E-state index in [2.05, 4.69) is 5.32 Å². The van der Waals surface area contributed by atoms with Crippen molar-refractivity contribution < 1.29 is 14.4 Å². The maximum Gasteiger partial charge on any atom is 0.255 e. The minimum absolute atomic E-state index is 0.0121. The van der Waals surface area contributed by atoms with E-state index in [1.54, 1.807) is 29.2 Å². The number of rotatable bonds is 8. The molecule has 2 aromatic rings. The van der Waals surface area contributed by atoms with E-state index in [-0.39, 0.29) is 29.7 Å². The second kappa shape index (κ2) is 9.22. The molecule has 0 fully saturated rings. The van der Waals surface area contributed by atoms with Crippen LogP contribution in [0, 0.1) is 0 Å². The summed E-state index contributed by atoms with van der Waals surface area (Å²) in [6, 6.07) is 12.5. The van der Waals surface area contributed by atoms with Crippen LogP contribution in [0.4, 0.5) is 5.69 Å². The average molecular weight is 408 g/mol. The molecule has 3 rings (SSSR count). The largest absolute Gasteiger partial charge is 0.332 e. The Morgan fingerprint density at radius 3 is 2.47 bits per heavy atom. The third kappa shape index (κ3) is 4.76. The van der Waals surface area contributed by atoms with Gasteiger partial charge in [-0.1, -0.05) is 19.1 Å². The molecule has 0 aliphatic carbocycles. The number of hydrogen-bond acceptors (Lipinski definition) is 4. The van der Waals surface area contributed by atoms with Crippen LogP contribution >= 0.6 is 0 Å². The molecule has 0 saturated carbocycles. The van der Waals surface area contributed by atoms with Crippen LogP contribution in [0.25, 0.3) is 0 Å². The molecule has 158 valence electrons. The Morgan fingerprint density at radius 2 is 1.83 bits per heavy atom. The van der Waals surface area contributed by atoms with E-state index in [9.17, 15) is 14.4 Å². The summed E-state index contributed by atoms with van der Waals surface area (Å²) in [6.45, 7) is 6.21. The fraction of sp³-hybridized carbons (Fsp3) is 0.375. The van der Waals surface area contributed by atoms with Gasteiger partial charge < -0.3 is 16.0 Å². The third-order valence-corrected chi connectivity index (χ3v) is 5.66. The molecule has 2 aromatic carbocycles. The van der Waals surface area contributed by atoms with Crippen molar-refractivity contribution in [2.24, 2.45) is 5.73 Å². The topological polar surface area (TPSA) is 92.5 Å². The normalized spacial score (nSPS) is 14.9. The van der Waals surface area contributed by atoms with Crippen molar-refractivity contribution in [3.05, 3.63) is 64.7 Å². The summed E-state index contributed by atoms with van der Waals surface area (Å²) in [4.78, 5) is 38.7. The van der Waals surface area contributed by atoms with Crippen LogP contribution in [0.1, 0.15) is 77.9 Å². The lowest BCUT2D eigenvalue weighted by Gasteiger charge is -2.24. The number of carbonyl (C=O) groups excluding carboxylic acids is 3. The van der Waals surface area contributed by atoms with Crippen molar-refractivity contribution in [1.29, 1.82) is 0 Å². The minimum atomic E-state index is -0.209. The molecule has 3 N–H and O–H groups in total. The van der Waals surface area contributed by atoms with Crippen LogP contribution in [0.3, 0.4) is 0 Å². The third-order valence-electron chi connectivity index (χ3n) is 5.66. The summed E-state index contributed by atoms with van der Waals surface area (Å²) in [5.41, 5.74) is 9.56. The lowest BCUT2D eigenvalue weighted by atomic mass is 10.1. The molecule has 0 saturated heterocycles. The highest BCUT2D eigenvalue weighted by molar-refractivity contribution is 6.05. The van der Waals surface area contributed by atoms with Gasteiger partial charge in [0.2, 0.25) is 0 Å². The summed E-state index contributed by atoms with van der Waals surface area (Å²) in [6.07, 6.45) is 1.67. The Hall–Kier alpha value is -2.99. The van der Waals surface area contributed by atoms with E-state index in [1.165, 1.54) is 0 Å². The molecule has 6 heteroatoms. The number of benzene rings is 2. The molecule has 2 unspecified atom stereocenters. The van der Waals surface area contributed by atoms with Gasteiger partial charge in [-0.05, 0) is 61.7 Å². The van der Waals surface area contributed by atoms with Crippen molar-refractivity contribution in [3.8, 4) is 0 Å². The molecule has 6 nitrogen and oxygen atoms in total. The predicted molar refractivity (Wildman–Crippen MR) is 117 cm³/mol. The van der Waals surface area contributed by atoms with Gasteiger partial charge in [-0.3, -0.25) is 14.4 Å². The van der Waals surface area contributed by atoms with E-state index in [1.807, 2.05) is 39.0 Å². The molecule has 30 heavy (non-hydrogen) atoms. The standard InChI is InChI=1S/C24H29N3O3/c1-4-21(28)11-5-15(2)27-14-19-13-20(10-12-22(19)24(27)30)26-23(29)18-8-6-17(7-9-18)16(3)25/h6-10,12-13,15-16H,4-5,11,14,25H2,1-3H3,(H,26,29). The molecule has 0 aromatic heterocycles. The second-order valence-electron chi connectivity index (χ2n) is 7.95. The number of Topliss-reactive ketones (excluding diaryl/α,β-unsaturated/α-hetero) is 1. The Balaban J connectivity index is 1.67. The summed E-state index contributed by atoms with van der Waals surface area (Å²) in [5.74, 6) is -0.0189. The lowest BCUT2D eigenvalue weighted by molar-refractivity contribution is -0.119. The van der Waals surface area contributed by atoms with Gasteiger partial charge in [0.05, 0.1) is 0 Å². The van der Waals surface area contributed by atoms with Gasteiger partial charge in [0, 0.05) is 48.3 Å². The molecule has 1 aliphatic heterocycles. The fourth-order valence-corrected chi connectivity index (χ4v) is 3.62. The van der Waals surface area contributed by atoms with Crippen LogP contribution in [0.15, 0.2) is 42.5 Å². The summed E-state index contributed by atoms with van der Waals surface area (Å²) in [5, 5.41) is 2.90. The molecule has 1 heterocycles. The SMILES string of the molecule is CCC(=O)CCC(C)N1Cc2cc(NC(=O)c3ccc(C(C)N)cc3)ccc2C1=O. The first-order valence-electron chi connectivity index (χ1n) is 10.4. The monoisotopic (exact) mass is 407 g/mol. The van der Waals surface area contributed by atoms with Gasteiger partial charge >= 0.3 is 0 Å². The first-order chi connectivity index (χ1) is 14.3. The number of nitrogens with one attached hydrogen (secondary N) is 1. The van der Waals surface area contributed by atoms with Gasteiger partial charge in [-0.15, -0.1) is 0 Å². The maximum atomic E-state index is 12.7. The number of carbonyl (C=O) groups is 3. The smallest absolute Gasteiger partial charge is 0.255 e. The van der Waals surface area contributed by atoms with E-state index in [4.69, 9.17) is 5.73 Å². The van der Waals surface area contributed by atoms with Gasteiger partial charge in [-0.2, -0.15) is 0 Å². The van der Waals surface area contributed by atoms with Crippen LogP contribution in [0.5, 0.6) is 0 Å². The van der Waals surface area contributed by atoms with Crippen LogP contribution in [0.2, 0.25) is 0 Å². The van der Waals surface area contributed by atoms with E-state index >= 15 is 0 Å². The summed E-state index contributed by atoms with van der Waals surface area (Å²) < 4.78 is 0. The number of hydrogen-bond donors (Lipinski definition) is 2. The van der Waals surface area contributed by atoms with Crippen LogP contribution in [-0.2, 0) is 11.3 Å². The Morgan fingerprint density at radius 1 is 1.13 bits per heavy atom. The zero-order valence-electron chi connectivity index (χ0n) is 17.8. The Kier molecular flexibility index (Phi) is 6.67. The number of amides is 2. The number of ketones is 1. The fourth-order valence-electron chi connectivity index (χ4n) is 3.62. The van der Waals surface area contributed by atoms with E-state index in [0.717, 1.165) is 11.1 Å². The Bertz CT molecular complexity index is 951. The van der Waals surface area contributed by atoms with Crippen LogP contribution in [-0.4, -0.2) is 28.5 Å². The first kappa shape index (κ1) is 21.7. The molecule has 0 bridgehead atoms.